The number of hydrogen-bond donors (Lipinski definition) is 1. The zero-order chi connectivity index (χ0) is 11.4. The number of pyridine rings is 1. The van der Waals surface area contributed by atoms with Gasteiger partial charge in [-0.15, -0.1) is 0 Å². The van der Waals surface area contributed by atoms with Crippen molar-refractivity contribution in [1.82, 2.24) is 10.3 Å². The summed E-state index contributed by atoms with van der Waals surface area (Å²) in [5, 5.41) is 3.59. The molecule has 0 bridgehead atoms. The molecule has 0 radical (unpaired) electrons. The Morgan fingerprint density at radius 2 is 2.38 bits per heavy atom. The Kier molecular flexibility index (Phi) is 3.78. The number of amides is 1. The Labute approximate surface area is 100 Å². The first-order chi connectivity index (χ1) is 7.77. The van der Waals surface area contributed by atoms with Gasteiger partial charge in [-0.25, -0.2) is 0 Å². The second kappa shape index (κ2) is 5.30. The highest BCUT2D eigenvalue weighted by Crippen LogP contribution is 2.22. The zero-order valence-electron chi connectivity index (χ0n) is 9.08. The third-order valence-electron chi connectivity index (χ3n) is 2.97. The number of carbonyl (C=O) groups excluding carboxylic acids is 1. The second-order valence-corrected chi connectivity index (χ2v) is 4.56. The van der Waals surface area contributed by atoms with E-state index in [1.807, 2.05) is 6.07 Å². The minimum atomic E-state index is 0.0578. The Hall–Kier alpha value is -1.09. The van der Waals surface area contributed by atoms with E-state index in [-0.39, 0.29) is 11.8 Å². The Morgan fingerprint density at radius 3 is 3.19 bits per heavy atom. The molecule has 4 heteroatoms. The van der Waals surface area contributed by atoms with Crippen molar-refractivity contribution in [2.75, 3.05) is 6.54 Å². The Morgan fingerprint density at radius 1 is 1.50 bits per heavy atom. The van der Waals surface area contributed by atoms with Crippen LogP contribution in [0.1, 0.15) is 24.8 Å². The quantitative estimate of drug-likeness (QED) is 0.858. The van der Waals surface area contributed by atoms with Crippen molar-refractivity contribution in [2.45, 2.75) is 25.7 Å². The number of nitrogens with zero attached hydrogens (tertiary/aromatic N) is 1. The molecule has 16 heavy (non-hydrogen) atoms. The number of rotatable bonds is 2. The van der Waals surface area contributed by atoms with Gasteiger partial charge in [0.2, 0.25) is 5.91 Å². The van der Waals surface area contributed by atoms with Gasteiger partial charge in [-0.05, 0) is 30.9 Å². The first-order valence-electron chi connectivity index (χ1n) is 5.63. The van der Waals surface area contributed by atoms with E-state index in [2.05, 4.69) is 10.3 Å². The molecule has 1 amide bonds. The van der Waals surface area contributed by atoms with Crippen LogP contribution in [0.3, 0.4) is 0 Å². The summed E-state index contributed by atoms with van der Waals surface area (Å²) in [6.07, 6.45) is 7.19. The number of carbonyl (C=O) groups is 1. The van der Waals surface area contributed by atoms with Gasteiger partial charge in [0.15, 0.2) is 0 Å². The summed E-state index contributed by atoms with van der Waals surface area (Å²) < 4.78 is 0. The van der Waals surface area contributed by atoms with Crippen LogP contribution in [0.4, 0.5) is 0 Å². The third-order valence-corrected chi connectivity index (χ3v) is 3.31. The van der Waals surface area contributed by atoms with E-state index in [1.165, 1.54) is 0 Å². The van der Waals surface area contributed by atoms with Crippen LogP contribution in [0.25, 0.3) is 0 Å². The summed E-state index contributed by atoms with van der Waals surface area (Å²) in [6.45, 7) is 0.805. The van der Waals surface area contributed by atoms with Crippen molar-refractivity contribution >= 4 is 17.5 Å². The number of nitrogens with one attached hydrogen (secondary N) is 1. The molecular weight excluding hydrogens is 224 g/mol. The van der Waals surface area contributed by atoms with E-state index in [9.17, 15) is 4.79 Å². The topological polar surface area (TPSA) is 42.0 Å². The van der Waals surface area contributed by atoms with E-state index >= 15 is 0 Å². The van der Waals surface area contributed by atoms with E-state index in [1.54, 1.807) is 12.4 Å². The standard InChI is InChI=1S/C12H15ClN2O/c13-11-8-14-6-4-9(11)7-10-3-1-2-5-15-12(10)16/h4,6,8,10H,1-3,5,7H2,(H,15,16). The molecule has 1 unspecified atom stereocenters. The van der Waals surface area contributed by atoms with Crippen molar-refractivity contribution in [3.05, 3.63) is 29.0 Å². The van der Waals surface area contributed by atoms with Gasteiger partial charge < -0.3 is 5.32 Å². The van der Waals surface area contributed by atoms with E-state index in [0.29, 0.717) is 11.4 Å². The lowest BCUT2D eigenvalue weighted by molar-refractivity contribution is -0.124. The second-order valence-electron chi connectivity index (χ2n) is 4.15. The van der Waals surface area contributed by atoms with Crippen LogP contribution in [0, 0.1) is 5.92 Å². The van der Waals surface area contributed by atoms with E-state index in [0.717, 1.165) is 31.4 Å². The SMILES string of the molecule is O=C1NCCCCC1Cc1ccncc1Cl. The first-order valence-corrected chi connectivity index (χ1v) is 6.01. The van der Waals surface area contributed by atoms with Crippen molar-refractivity contribution in [2.24, 2.45) is 5.92 Å². The lowest BCUT2D eigenvalue weighted by Gasteiger charge is -2.13. The third kappa shape index (κ3) is 2.73. The molecule has 2 heterocycles. The van der Waals surface area contributed by atoms with E-state index in [4.69, 9.17) is 11.6 Å². The average molecular weight is 239 g/mol. The summed E-state index contributed by atoms with van der Waals surface area (Å²) >= 11 is 6.04. The molecule has 2 rings (SSSR count). The molecule has 1 aromatic rings. The van der Waals surface area contributed by atoms with Crippen LogP contribution in [-0.4, -0.2) is 17.4 Å². The van der Waals surface area contributed by atoms with Gasteiger partial charge in [-0.3, -0.25) is 9.78 Å². The van der Waals surface area contributed by atoms with Gasteiger partial charge in [0.05, 0.1) is 5.02 Å². The highest BCUT2D eigenvalue weighted by molar-refractivity contribution is 6.31. The fourth-order valence-corrected chi connectivity index (χ4v) is 2.23. The molecular formula is C12H15ClN2O. The fraction of sp³-hybridized carbons (Fsp3) is 0.500. The largest absolute Gasteiger partial charge is 0.356 e. The molecule has 1 saturated heterocycles. The summed E-state index contributed by atoms with van der Waals surface area (Å²) in [5.41, 5.74) is 1.01. The maximum absolute atomic E-state index is 11.8. The van der Waals surface area contributed by atoms with Gasteiger partial charge in [-0.1, -0.05) is 18.0 Å². The molecule has 1 aliphatic rings. The predicted octanol–water partition coefficient (Wildman–Crippen LogP) is 2.19. The van der Waals surface area contributed by atoms with Crippen molar-refractivity contribution < 1.29 is 4.79 Å². The van der Waals surface area contributed by atoms with Gasteiger partial charge in [-0.2, -0.15) is 0 Å². The molecule has 0 spiro atoms. The summed E-state index contributed by atoms with van der Waals surface area (Å²) in [6, 6.07) is 1.89. The summed E-state index contributed by atoms with van der Waals surface area (Å²) in [4.78, 5) is 15.7. The van der Waals surface area contributed by atoms with Crippen molar-refractivity contribution in [1.29, 1.82) is 0 Å². The molecule has 3 nitrogen and oxygen atoms in total. The summed E-state index contributed by atoms with van der Waals surface area (Å²) in [5.74, 6) is 0.216. The highest BCUT2D eigenvalue weighted by atomic mass is 35.5. The van der Waals surface area contributed by atoms with Crippen molar-refractivity contribution in [3.63, 3.8) is 0 Å². The van der Waals surface area contributed by atoms with Crippen LogP contribution in [-0.2, 0) is 11.2 Å². The molecule has 0 aliphatic carbocycles. The maximum atomic E-state index is 11.8. The average Bonchev–Trinajstić information content (AvgIpc) is 2.48. The Balaban J connectivity index is 2.08. The minimum absolute atomic E-state index is 0.0578. The monoisotopic (exact) mass is 238 g/mol. The summed E-state index contributed by atoms with van der Waals surface area (Å²) in [7, 11) is 0. The molecule has 0 aromatic carbocycles. The first kappa shape index (κ1) is 11.4. The molecule has 0 saturated carbocycles. The number of hydrogen-bond acceptors (Lipinski definition) is 2. The lowest BCUT2D eigenvalue weighted by Crippen LogP contribution is -2.30. The Bertz CT molecular complexity index is 381. The predicted molar refractivity (Wildman–Crippen MR) is 63.3 cm³/mol. The molecule has 1 fully saturated rings. The molecule has 1 aliphatic heterocycles. The van der Waals surface area contributed by atoms with Gasteiger partial charge in [0.25, 0.3) is 0 Å². The maximum Gasteiger partial charge on any atom is 0.223 e. The van der Waals surface area contributed by atoms with Crippen LogP contribution in [0.2, 0.25) is 5.02 Å². The fourth-order valence-electron chi connectivity index (χ4n) is 2.03. The lowest BCUT2D eigenvalue weighted by atomic mass is 9.95. The van der Waals surface area contributed by atoms with Crippen LogP contribution < -0.4 is 5.32 Å². The molecule has 1 aromatic heterocycles. The van der Waals surface area contributed by atoms with Gasteiger partial charge >= 0.3 is 0 Å². The van der Waals surface area contributed by atoms with Gasteiger partial charge in [0.1, 0.15) is 0 Å². The zero-order valence-corrected chi connectivity index (χ0v) is 9.83. The minimum Gasteiger partial charge on any atom is -0.356 e. The number of aromatic nitrogens is 1. The van der Waals surface area contributed by atoms with E-state index < -0.39 is 0 Å². The smallest absolute Gasteiger partial charge is 0.223 e. The van der Waals surface area contributed by atoms with Crippen LogP contribution in [0.5, 0.6) is 0 Å². The molecule has 1 atom stereocenters. The normalized spacial score (nSPS) is 21.3. The highest BCUT2D eigenvalue weighted by Gasteiger charge is 2.21. The van der Waals surface area contributed by atoms with Gasteiger partial charge in [0, 0.05) is 24.9 Å². The number of halogens is 1. The van der Waals surface area contributed by atoms with Crippen LogP contribution in [0.15, 0.2) is 18.5 Å². The molecule has 86 valence electrons. The molecule has 1 N–H and O–H groups in total. The van der Waals surface area contributed by atoms with Crippen molar-refractivity contribution in [3.8, 4) is 0 Å². The van der Waals surface area contributed by atoms with Crippen LogP contribution >= 0.6 is 11.6 Å².